The zero-order chi connectivity index (χ0) is 21.3. The first kappa shape index (κ1) is 22.7. The van der Waals surface area contributed by atoms with Crippen molar-refractivity contribution in [3.63, 3.8) is 0 Å². The van der Waals surface area contributed by atoms with Gasteiger partial charge in [0.25, 0.3) is 5.91 Å². The van der Waals surface area contributed by atoms with E-state index in [1.165, 1.54) is 6.07 Å². The molecule has 2 rings (SSSR count). The molecule has 1 amide bonds. The maximum Gasteiger partial charge on any atom is 0.316 e. The van der Waals surface area contributed by atoms with Gasteiger partial charge in [0.05, 0.1) is 16.0 Å². The van der Waals surface area contributed by atoms with Crippen LogP contribution in [0.1, 0.15) is 47.1 Å². The number of benzene rings is 1. The Morgan fingerprint density at radius 2 is 1.86 bits per heavy atom. The van der Waals surface area contributed by atoms with Crippen molar-refractivity contribution in [1.29, 1.82) is 0 Å². The molecule has 154 valence electrons. The van der Waals surface area contributed by atoms with Crippen molar-refractivity contribution in [3.8, 4) is 0 Å². The largest absolute Gasteiger partial charge is 0.427 e. The molecule has 8 heteroatoms. The van der Waals surface area contributed by atoms with E-state index in [0.29, 0.717) is 17.2 Å². The molecule has 0 fully saturated rings. The Labute approximate surface area is 175 Å². The van der Waals surface area contributed by atoms with Crippen molar-refractivity contribution in [2.45, 2.75) is 47.1 Å². The Bertz CT molecular complexity index is 811. The number of ether oxygens (including phenoxy) is 2. The third-order valence-electron chi connectivity index (χ3n) is 4.17. The number of rotatable bonds is 6. The summed E-state index contributed by atoms with van der Waals surface area (Å²) in [5, 5.41) is 1.84. The Morgan fingerprint density at radius 3 is 2.39 bits per heavy atom. The lowest BCUT2D eigenvalue weighted by atomic mass is 9.95. The second-order valence-corrected chi connectivity index (χ2v) is 8.71. The summed E-state index contributed by atoms with van der Waals surface area (Å²) in [6.45, 7) is 10.8. The molecular formula is C20H25Cl2NO5. The highest BCUT2D eigenvalue weighted by Crippen LogP contribution is 2.43. The monoisotopic (exact) mass is 429 g/mol. The number of hydrogen-bond acceptors (Lipinski definition) is 5. The lowest BCUT2D eigenvalue weighted by Crippen LogP contribution is -2.45. The van der Waals surface area contributed by atoms with Crippen molar-refractivity contribution < 1.29 is 23.9 Å². The first-order valence-corrected chi connectivity index (χ1v) is 9.64. The highest BCUT2D eigenvalue weighted by atomic mass is 35.5. The highest BCUT2D eigenvalue weighted by Gasteiger charge is 2.50. The van der Waals surface area contributed by atoms with E-state index in [9.17, 15) is 9.59 Å². The van der Waals surface area contributed by atoms with Gasteiger partial charge in [-0.1, -0.05) is 29.3 Å². The fourth-order valence-electron chi connectivity index (χ4n) is 2.60. The molecule has 1 aromatic rings. The quantitative estimate of drug-likeness (QED) is 0.367. The molecule has 0 bridgehead atoms. The van der Waals surface area contributed by atoms with Crippen LogP contribution in [0.5, 0.6) is 0 Å². The van der Waals surface area contributed by atoms with Crippen LogP contribution in [0.3, 0.4) is 0 Å². The maximum absolute atomic E-state index is 13.2. The van der Waals surface area contributed by atoms with E-state index in [4.69, 9.17) is 37.5 Å². The molecule has 0 aliphatic carbocycles. The average molecular weight is 430 g/mol. The van der Waals surface area contributed by atoms with Crippen molar-refractivity contribution in [1.82, 2.24) is 5.06 Å². The molecule has 0 N–H and O–H groups in total. The van der Waals surface area contributed by atoms with Crippen molar-refractivity contribution in [2.75, 3.05) is 13.4 Å². The fourth-order valence-corrected chi connectivity index (χ4v) is 3.10. The first-order valence-electron chi connectivity index (χ1n) is 8.89. The fraction of sp³-hybridized carbons (Fsp3) is 0.500. The summed E-state index contributed by atoms with van der Waals surface area (Å²) in [6.07, 6.45) is 0. The molecular weight excluding hydrogens is 405 g/mol. The number of carbonyl (C=O) groups excluding carboxylic acids is 2. The van der Waals surface area contributed by atoms with Gasteiger partial charge in [-0.25, -0.2) is 9.90 Å². The summed E-state index contributed by atoms with van der Waals surface area (Å²) in [5.41, 5.74) is -1.27. The van der Waals surface area contributed by atoms with Crippen LogP contribution in [0.2, 0.25) is 10.0 Å². The minimum Gasteiger partial charge on any atom is -0.427 e. The van der Waals surface area contributed by atoms with Gasteiger partial charge in [-0.2, -0.15) is 0 Å². The molecule has 0 radical (unpaired) electrons. The lowest BCUT2D eigenvalue weighted by molar-refractivity contribution is -0.243. The Balaban J connectivity index is 2.58. The van der Waals surface area contributed by atoms with Gasteiger partial charge in [0.15, 0.2) is 6.79 Å². The van der Waals surface area contributed by atoms with Gasteiger partial charge in [-0.15, -0.1) is 0 Å². The SMILES string of the molecule is CCOCON1C(=O)C(c2ccc(Cl)cc2Cl)=C(OC(=O)C(C)(C)C)C1(C)C. The van der Waals surface area contributed by atoms with Crippen LogP contribution >= 0.6 is 23.2 Å². The number of hydrogen-bond donors (Lipinski definition) is 0. The van der Waals surface area contributed by atoms with E-state index in [0.717, 1.165) is 5.06 Å². The molecule has 1 aliphatic heterocycles. The molecule has 0 unspecified atom stereocenters. The van der Waals surface area contributed by atoms with Gasteiger partial charge in [0, 0.05) is 17.2 Å². The van der Waals surface area contributed by atoms with Gasteiger partial charge in [0.2, 0.25) is 0 Å². The average Bonchev–Trinajstić information content (AvgIpc) is 2.75. The van der Waals surface area contributed by atoms with E-state index in [1.807, 2.05) is 6.92 Å². The van der Waals surface area contributed by atoms with Crippen LogP contribution in [0.4, 0.5) is 0 Å². The molecule has 28 heavy (non-hydrogen) atoms. The molecule has 6 nitrogen and oxygen atoms in total. The lowest BCUT2D eigenvalue weighted by Gasteiger charge is -2.32. The first-order chi connectivity index (χ1) is 12.9. The molecule has 0 aromatic heterocycles. The Morgan fingerprint density at radius 1 is 1.21 bits per heavy atom. The molecule has 0 saturated carbocycles. The van der Waals surface area contributed by atoms with E-state index < -0.39 is 22.8 Å². The van der Waals surface area contributed by atoms with Crippen LogP contribution < -0.4 is 0 Å². The third kappa shape index (κ3) is 4.51. The van der Waals surface area contributed by atoms with Gasteiger partial charge in [-0.3, -0.25) is 9.59 Å². The smallest absolute Gasteiger partial charge is 0.316 e. The zero-order valence-corrected chi connectivity index (χ0v) is 18.4. The standard InChI is InChI=1S/C20H25Cl2NO5/c1-7-26-11-27-23-17(24)15(13-9-8-12(21)10-14(13)22)16(20(23,5)6)28-18(25)19(2,3)4/h8-10H,7,11H2,1-6H3. The predicted molar refractivity (Wildman–Crippen MR) is 107 cm³/mol. The van der Waals surface area contributed by atoms with Crippen molar-refractivity contribution >= 4 is 40.7 Å². The Kier molecular flexibility index (Phi) is 6.82. The molecule has 0 spiro atoms. The normalized spacial score (nSPS) is 16.7. The minimum absolute atomic E-state index is 0.117. The maximum atomic E-state index is 13.2. The topological polar surface area (TPSA) is 65.1 Å². The van der Waals surface area contributed by atoms with Crippen molar-refractivity contribution in [3.05, 3.63) is 39.6 Å². The summed E-state index contributed by atoms with van der Waals surface area (Å²) < 4.78 is 10.9. The van der Waals surface area contributed by atoms with Gasteiger partial charge in [0.1, 0.15) is 11.3 Å². The van der Waals surface area contributed by atoms with E-state index >= 15 is 0 Å². The third-order valence-corrected chi connectivity index (χ3v) is 4.71. The molecule has 1 aromatic carbocycles. The summed E-state index contributed by atoms with van der Waals surface area (Å²) in [5.74, 6) is -0.790. The molecule has 1 heterocycles. The minimum atomic E-state index is -1.06. The number of esters is 1. The number of hydroxylamine groups is 2. The Hall–Kier alpha value is -1.60. The molecule has 0 saturated heterocycles. The van der Waals surface area contributed by atoms with Gasteiger partial charge in [-0.05, 0) is 53.7 Å². The van der Waals surface area contributed by atoms with Crippen molar-refractivity contribution in [2.24, 2.45) is 5.41 Å². The van der Waals surface area contributed by atoms with Crippen LogP contribution in [0.25, 0.3) is 5.57 Å². The van der Waals surface area contributed by atoms with Gasteiger partial charge < -0.3 is 9.47 Å². The van der Waals surface area contributed by atoms with Crippen LogP contribution in [0.15, 0.2) is 24.0 Å². The number of nitrogens with zero attached hydrogens (tertiary/aromatic N) is 1. The number of carbonyl (C=O) groups is 2. The number of amides is 1. The van der Waals surface area contributed by atoms with Crippen LogP contribution in [-0.4, -0.2) is 35.9 Å². The van der Waals surface area contributed by atoms with Crippen LogP contribution in [-0.2, 0) is 23.9 Å². The highest BCUT2D eigenvalue weighted by molar-refractivity contribution is 6.37. The zero-order valence-electron chi connectivity index (χ0n) is 16.9. The number of halogens is 2. The summed E-state index contributed by atoms with van der Waals surface area (Å²) in [7, 11) is 0. The second-order valence-electron chi connectivity index (χ2n) is 7.87. The molecule has 0 atom stereocenters. The predicted octanol–water partition coefficient (Wildman–Crippen LogP) is 4.84. The summed E-state index contributed by atoms with van der Waals surface area (Å²) in [6, 6.07) is 4.76. The van der Waals surface area contributed by atoms with E-state index in [1.54, 1.807) is 46.8 Å². The van der Waals surface area contributed by atoms with E-state index in [2.05, 4.69) is 0 Å². The summed E-state index contributed by atoms with van der Waals surface area (Å²) >= 11 is 12.3. The van der Waals surface area contributed by atoms with Crippen LogP contribution in [0, 0.1) is 5.41 Å². The van der Waals surface area contributed by atoms with E-state index in [-0.39, 0.29) is 23.1 Å². The summed E-state index contributed by atoms with van der Waals surface area (Å²) in [4.78, 5) is 31.3. The molecule has 1 aliphatic rings. The second kappa shape index (κ2) is 8.41. The van der Waals surface area contributed by atoms with Gasteiger partial charge >= 0.3 is 5.97 Å².